The second-order valence-corrected chi connectivity index (χ2v) is 5.77. The molecule has 0 radical (unpaired) electrons. The summed E-state index contributed by atoms with van der Waals surface area (Å²) in [7, 11) is 0. The summed E-state index contributed by atoms with van der Waals surface area (Å²) in [5.74, 6) is 2.81. The highest BCUT2D eigenvalue weighted by molar-refractivity contribution is 5.80. The highest BCUT2D eigenvalue weighted by Crippen LogP contribution is 2.25. The number of rotatable bonds is 5. The Balaban J connectivity index is 1.97. The third kappa shape index (κ3) is 4.59. The fraction of sp³-hybridized carbons (Fsp3) is 0.0400. The SMILES string of the molecule is C#CC(C=C(c1ccccc1)c1ccccc1)/C=C/c1ccccc1. The molecule has 0 fully saturated rings. The van der Waals surface area contributed by atoms with Crippen molar-refractivity contribution in [3.05, 3.63) is 120 Å². The molecule has 25 heavy (non-hydrogen) atoms. The minimum absolute atomic E-state index is 0.0735. The Morgan fingerprint density at radius 2 is 1.20 bits per heavy atom. The van der Waals surface area contributed by atoms with Gasteiger partial charge in [0.15, 0.2) is 0 Å². The van der Waals surface area contributed by atoms with Gasteiger partial charge in [0.25, 0.3) is 0 Å². The summed E-state index contributed by atoms with van der Waals surface area (Å²) >= 11 is 0. The fourth-order valence-corrected chi connectivity index (χ4v) is 2.71. The van der Waals surface area contributed by atoms with E-state index in [4.69, 9.17) is 6.42 Å². The molecule has 0 spiro atoms. The Morgan fingerprint density at radius 1 is 0.720 bits per heavy atom. The van der Waals surface area contributed by atoms with Crippen LogP contribution in [0.5, 0.6) is 0 Å². The number of hydrogen-bond donors (Lipinski definition) is 0. The van der Waals surface area contributed by atoms with Crippen LogP contribution in [0.4, 0.5) is 0 Å². The van der Waals surface area contributed by atoms with Crippen LogP contribution in [0.1, 0.15) is 16.7 Å². The van der Waals surface area contributed by atoms with E-state index in [-0.39, 0.29) is 5.92 Å². The van der Waals surface area contributed by atoms with E-state index in [0.717, 1.165) is 11.1 Å². The lowest BCUT2D eigenvalue weighted by Crippen LogP contribution is -1.93. The molecule has 3 aromatic rings. The molecule has 0 nitrogen and oxygen atoms in total. The largest absolute Gasteiger partial charge is 0.119 e. The van der Waals surface area contributed by atoms with E-state index in [2.05, 4.69) is 84.8 Å². The molecule has 0 saturated carbocycles. The number of terminal acetylenes is 1. The Labute approximate surface area is 150 Å². The van der Waals surface area contributed by atoms with E-state index in [1.807, 2.05) is 30.3 Å². The quantitative estimate of drug-likeness (QED) is 0.500. The second-order valence-electron chi connectivity index (χ2n) is 5.77. The van der Waals surface area contributed by atoms with Gasteiger partial charge in [0.2, 0.25) is 0 Å². The summed E-state index contributed by atoms with van der Waals surface area (Å²) in [5.41, 5.74) is 4.64. The van der Waals surface area contributed by atoms with Crippen molar-refractivity contribution >= 4 is 11.6 Å². The molecule has 1 atom stereocenters. The van der Waals surface area contributed by atoms with Crippen LogP contribution in [0.2, 0.25) is 0 Å². The van der Waals surface area contributed by atoms with Crippen molar-refractivity contribution in [1.82, 2.24) is 0 Å². The minimum atomic E-state index is -0.0735. The Hall–Kier alpha value is -3.30. The van der Waals surface area contributed by atoms with Crippen LogP contribution in [-0.4, -0.2) is 0 Å². The Bertz CT molecular complexity index is 838. The molecular formula is C25H20. The number of hydrogen-bond acceptors (Lipinski definition) is 0. The van der Waals surface area contributed by atoms with Crippen LogP contribution in [-0.2, 0) is 0 Å². The van der Waals surface area contributed by atoms with Gasteiger partial charge in [-0.15, -0.1) is 6.42 Å². The van der Waals surface area contributed by atoms with Crippen molar-refractivity contribution in [3.8, 4) is 12.3 Å². The summed E-state index contributed by atoms with van der Waals surface area (Å²) in [5, 5.41) is 0. The van der Waals surface area contributed by atoms with Crippen molar-refractivity contribution in [1.29, 1.82) is 0 Å². The van der Waals surface area contributed by atoms with Gasteiger partial charge in [-0.25, -0.2) is 0 Å². The third-order valence-corrected chi connectivity index (χ3v) is 4.00. The predicted molar refractivity (Wildman–Crippen MR) is 108 cm³/mol. The van der Waals surface area contributed by atoms with Crippen LogP contribution in [0.3, 0.4) is 0 Å². The first kappa shape index (κ1) is 16.6. The summed E-state index contributed by atoms with van der Waals surface area (Å²) in [6, 6.07) is 31.0. The first-order valence-electron chi connectivity index (χ1n) is 8.39. The molecule has 0 heterocycles. The number of benzene rings is 3. The highest BCUT2D eigenvalue weighted by Gasteiger charge is 2.07. The van der Waals surface area contributed by atoms with E-state index in [0.29, 0.717) is 0 Å². The summed E-state index contributed by atoms with van der Waals surface area (Å²) in [6.07, 6.45) is 12.1. The molecule has 0 heteroatoms. The summed E-state index contributed by atoms with van der Waals surface area (Å²) in [4.78, 5) is 0. The average Bonchev–Trinajstić information content (AvgIpc) is 2.70. The van der Waals surface area contributed by atoms with Gasteiger partial charge in [0.05, 0.1) is 5.92 Å². The first-order valence-corrected chi connectivity index (χ1v) is 8.39. The zero-order valence-electron chi connectivity index (χ0n) is 14.0. The lowest BCUT2D eigenvalue weighted by molar-refractivity contribution is 1.13. The van der Waals surface area contributed by atoms with Crippen molar-refractivity contribution < 1.29 is 0 Å². The Morgan fingerprint density at radius 3 is 1.68 bits per heavy atom. The summed E-state index contributed by atoms with van der Waals surface area (Å²) in [6.45, 7) is 0. The van der Waals surface area contributed by atoms with Crippen molar-refractivity contribution in [2.24, 2.45) is 5.92 Å². The maximum atomic E-state index is 5.80. The van der Waals surface area contributed by atoms with Crippen LogP contribution in [0, 0.1) is 18.3 Å². The van der Waals surface area contributed by atoms with E-state index in [1.165, 1.54) is 11.1 Å². The molecule has 3 rings (SSSR count). The van der Waals surface area contributed by atoms with E-state index in [9.17, 15) is 0 Å². The zero-order chi connectivity index (χ0) is 17.3. The van der Waals surface area contributed by atoms with Gasteiger partial charge in [0, 0.05) is 0 Å². The minimum Gasteiger partial charge on any atom is -0.119 e. The summed E-state index contributed by atoms with van der Waals surface area (Å²) < 4.78 is 0. The van der Waals surface area contributed by atoms with Gasteiger partial charge < -0.3 is 0 Å². The van der Waals surface area contributed by atoms with E-state index >= 15 is 0 Å². The monoisotopic (exact) mass is 320 g/mol. The topological polar surface area (TPSA) is 0 Å². The normalized spacial score (nSPS) is 11.6. The molecule has 0 aromatic heterocycles. The molecule has 1 unspecified atom stereocenters. The molecule has 0 N–H and O–H groups in total. The van der Waals surface area contributed by atoms with Gasteiger partial charge in [0.1, 0.15) is 0 Å². The van der Waals surface area contributed by atoms with Crippen molar-refractivity contribution in [3.63, 3.8) is 0 Å². The molecule has 0 aliphatic carbocycles. The van der Waals surface area contributed by atoms with Crippen molar-refractivity contribution in [2.75, 3.05) is 0 Å². The zero-order valence-corrected chi connectivity index (χ0v) is 14.0. The molecule has 0 aliphatic heterocycles. The van der Waals surface area contributed by atoms with Crippen LogP contribution < -0.4 is 0 Å². The van der Waals surface area contributed by atoms with Gasteiger partial charge in [-0.2, -0.15) is 0 Å². The maximum absolute atomic E-state index is 5.80. The van der Waals surface area contributed by atoms with Gasteiger partial charge >= 0.3 is 0 Å². The van der Waals surface area contributed by atoms with Crippen LogP contribution in [0.25, 0.3) is 11.6 Å². The van der Waals surface area contributed by atoms with E-state index in [1.54, 1.807) is 0 Å². The Kier molecular flexibility index (Phi) is 5.64. The molecule has 3 aromatic carbocycles. The lowest BCUT2D eigenvalue weighted by Gasteiger charge is -2.10. The van der Waals surface area contributed by atoms with Gasteiger partial charge in [-0.1, -0.05) is 115 Å². The first-order chi connectivity index (χ1) is 12.4. The molecule has 0 aliphatic rings. The molecule has 0 amide bonds. The standard InChI is InChI=1S/C25H20/c1-2-21(18-19-22-12-6-3-7-13-22)20-25(23-14-8-4-9-15-23)24-16-10-5-11-17-24/h1,3-21H/b19-18+. The fourth-order valence-electron chi connectivity index (χ4n) is 2.71. The highest BCUT2D eigenvalue weighted by atomic mass is 14.1. The maximum Gasteiger partial charge on any atom is 0.0573 e. The average molecular weight is 320 g/mol. The number of allylic oxidation sites excluding steroid dienone is 2. The lowest BCUT2D eigenvalue weighted by atomic mass is 9.93. The molecule has 0 bridgehead atoms. The van der Waals surface area contributed by atoms with E-state index < -0.39 is 0 Å². The molecule has 120 valence electrons. The van der Waals surface area contributed by atoms with Crippen molar-refractivity contribution in [2.45, 2.75) is 0 Å². The predicted octanol–water partition coefficient (Wildman–Crippen LogP) is 6.08. The molecule has 0 saturated heterocycles. The van der Waals surface area contributed by atoms with Gasteiger partial charge in [-0.05, 0) is 22.3 Å². The van der Waals surface area contributed by atoms with Gasteiger partial charge in [-0.3, -0.25) is 0 Å². The smallest absolute Gasteiger partial charge is 0.0573 e. The van der Waals surface area contributed by atoms with Crippen LogP contribution in [0.15, 0.2) is 103 Å². The van der Waals surface area contributed by atoms with Crippen LogP contribution >= 0.6 is 0 Å². The molecular weight excluding hydrogens is 300 g/mol. The second kappa shape index (κ2) is 8.52. The third-order valence-electron chi connectivity index (χ3n) is 4.00.